The molecule has 0 fully saturated rings. The lowest BCUT2D eigenvalue weighted by Gasteiger charge is -2.08. The molecule has 0 atom stereocenters. The van der Waals surface area contributed by atoms with Gasteiger partial charge in [-0.3, -0.25) is 0 Å². The van der Waals surface area contributed by atoms with Crippen molar-refractivity contribution < 1.29 is 9.47 Å². The molecule has 0 N–H and O–H groups in total. The first-order valence-electron chi connectivity index (χ1n) is 3.41. The molecule has 1 aromatic carbocycles. The third kappa shape index (κ3) is 3.16. The lowest BCUT2D eigenvalue weighted by Crippen LogP contribution is -2.00. The molecule has 0 heterocycles. The summed E-state index contributed by atoms with van der Waals surface area (Å²) in [5, 5.41) is 1.13. The van der Waals surface area contributed by atoms with Crippen LogP contribution in [0.5, 0.6) is 5.75 Å². The summed E-state index contributed by atoms with van der Waals surface area (Å²) < 4.78 is 10.9. The molecule has 0 saturated heterocycles. The molecule has 0 radical (unpaired) electrons. The molecule has 2 nitrogen and oxygen atoms in total. The standard InChI is InChI=1S/C8H7Cl2IO2/c1-12-4-13-7-3-5(9)2-6(10)8(7)11/h2-3H,4H2,1H3. The number of methoxy groups -OCH3 is 1. The fourth-order valence-electron chi connectivity index (χ4n) is 0.760. The van der Waals surface area contributed by atoms with Crippen LogP contribution in [0.25, 0.3) is 0 Å². The summed E-state index contributed by atoms with van der Waals surface area (Å²) >= 11 is 13.8. The highest BCUT2D eigenvalue weighted by Crippen LogP contribution is 2.31. The van der Waals surface area contributed by atoms with Crippen molar-refractivity contribution >= 4 is 45.8 Å². The highest BCUT2D eigenvalue weighted by molar-refractivity contribution is 14.1. The Morgan fingerprint density at radius 2 is 2.08 bits per heavy atom. The molecule has 0 aliphatic heterocycles. The van der Waals surface area contributed by atoms with Crippen LogP contribution in [0, 0.1) is 3.57 Å². The number of rotatable bonds is 3. The first kappa shape index (κ1) is 11.4. The van der Waals surface area contributed by atoms with E-state index in [1.54, 1.807) is 19.2 Å². The van der Waals surface area contributed by atoms with Crippen LogP contribution in [0.4, 0.5) is 0 Å². The molecule has 0 aliphatic rings. The van der Waals surface area contributed by atoms with Gasteiger partial charge in [0, 0.05) is 18.2 Å². The van der Waals surface area contributed by atoms with Gasteiger partial charge in [0.15, 0.2) is 6.79 Å². The van der Waals surface area contributed by atoms with E-state index in [4.69, 9.17) is 32.7 Å². The Bertz CT molecular complexity index is 304. The third-order valence-electron chi connectivity index (χ3n) is 1.29. The number of hydrogen-bond donors (Lipinski definition) is 0. The van der Waals surface area contributed by atoms with Gasteiger partial charge in [-0.25, -0.2) is 0 Å². The molecule has 1 aromatic rings. The smallest absolute Gasteiger partial charge is 0.188 e. The van der Waals surface area contributed by atoms with Gasteiger partial charge < -0.3 is 9.47 Å². The minimum atomic E-state index is 0.187. The van der Waals surface area contributed by atoms with E-state index in [0.717, 1.165) is 3.57 Å². The number of benzene rings is 1. The maximum Gasteiger partial charge on any atom is 0.188 e. The van der Waals surface area contributed by atoms with Crippen LogP contribution in [0.15, 0.2) is 12.1 Å². The van der Waals surface area contributed by atoms with Crippen LogP contribution in [0.1, 0.15) is 0 Å². The summed E-state index contributed by atoms with van der Waals surface area (Å²) in [7, 11) is 1.55. The van der Waals surface area contributed by atoms with Crippen LogP contribution in [-0.4, -0.2) is 13.9 Å². The van der Waals surface area contributed by atoms with Crippen LogP contribution in [0.3, 0.4) is 0 Å². The summed E-state index contributed by atoms with van der Waals surface area (Å²) in [6, 6.07) is 3.37. The average molecular weight is 333 g/mol. The second kappa shape index (κ2) is 5.24. The molecule has 0 aliphatic carbocycles. The van der Waals surface area contributed by atoms with Crippen molar-refractivity contribution in [3.63, 3.8) is 0 Å². The van der Waals surface area contributed by atoms with Crippen LogP contribution in [-0.2, 0) is 4.74 Å². The lowest BCUT2D eigenvalue weighted by molar-refractivity contribution is 0.0505. The summed E-state index contributed by atoms with van der Waals surface area (Å²) in [5.74, 6) is 0.639. The number of hydrogen-bond acceptors (Lipinski definition) is 2. The van der Waals surface area contributed by atoms with E-state index in [0.29, 0.717) is 15.8 Å². The topological polar surface area (TPSA) is 18.5 Å². The molecular weight excluding hydrogens is 326 g/mol. The van der Waals surface area contributed by atoms with Crippen molar-refractivity contribution in [2.45, 2.75) is 0 Å². The van der Waals surface area contributed by atoms with Crippen molar-refractivity contribution in [3.8, 4) is 5.75 Å². The van der Waals surface area contributed by atoms with Gasteiger partial charge in [-0.2, -0.15) is 0 Å². The summed E-state index contributed by atoms with van der Waals surface area (Å²) in [6.07, 6.45) is 0. The van der Waals surface area contributed by atoms with E-state index < -0.39 is 0 Å². The van der Waals surface area contributed by atoms with Crippen molar-refractivity contribution in [1.82, 2.24) is 0 Å². The van der Waals surface area contributed by atoms with E-state index in [-0.39, 0.29) is 6.79 Å². The Morgan fingerprint density at radius 3 is 2.69 bits per heavy atom. The fraction of sp³-hybridized carbons (Fsp3) is 0.250. The SMILES string of the molecule is COCOc1cc(Cl)cc(Cl)c1I. The largest absolute Gasteiger partial charge is 0.466 e. The summed E-state index contributed by atoms with van der Waals surface area (Å²) in [6.45, 7) is 0.187. The Hall–Kier alpha value is 0.290. The highest BCUT2D eigenvalue weighted by atomic mass is 127. The Balaban J connectivity index is 2.92. The van der Waals surface area contributed by atoms with Gasteiger partial charge in [-0.1, -0.05) is 23.2 Å². The highest BCUT2D eigenvalue weighted by Gasteiger charge is 2.07. The summed E-state index contributed by atoms with van der Waals surface area (Å²) in [5.41, 5.74) is 0. The quantitative estimate of drug-likeness (QED) is 0.478. The molecule has 13 heavy (non-hydrogen) atoms. The van der Waals surface area contributed by atoms with Gasteiger partial charge in [0.05, 0.1) is 8.59 Å². The van der Waals surface area contributed by atoms with E-state index in [1.165, 1.54) is 0 Å². The molecule has 0 spiro atoms. The van der Waals surface area contributed by atoms with Gasteiger partial charge in [0.25, 0.3) is 0 Å². The Morgan fingerprint density at radius 1 is 1.38 bits per heavy atom. The predicted molar refractivity (Wildman–Crippen MR) is 61.7 cm³/mol. The second-order valence-electron chi connectivity index (χ2n) is 2.25. The lowest BCUT2D eigenvalue weighted by atomic mass is 10.3. The average Bonchev–Trinajstić information content (AvgIpc) is 2.09. The zero-order valence-electron chi connectivity index (χ0n) is 6.81. The van der Waals surface area contributed by atoms with E-state index >= 15 is 0 Å². The van der Waals surface area contributed by atoms with Gasteiger partial charge in [-0.05, 0) is 28.7 Å². The Kier molecular flexibility index (Phi) is 4.58. The molecule has 0 bridgehead atoms. The molecule has 0 unspecified atom stereocenters. The van der Waals surface area contributed by atoms with Crippen molar-refractivity contribution in [2.75, 3.05) is 13.9 Å². The van der Waals surface area contributed by atoms with Gasteiger partial charge in [-0.15, -0.1) is 0 Å². The van der Waals surface area contributed by atoms with Crippen molar-refractivity contribution in [2.24, 2.45) is 0 Å². The van der Waals surface area contributed by atoms with Crippen LogP contribution >= 0.6 is 45.8 Å². The maximum atomic E-state index is 5.89. The first-order chi connectivity index (χ1) is 6.15. The van der Waals surface area contributed by atoms with E-state index in [2.05, 4.69) is 22.6 Å². The minimum Gasteiger partial charge on any atom is -0.466 e. The van der Waals surface area contributed by atoms with Crippen molar-refractivity contribution in [1.29, 1.82) is 0 Å². The molecule has 1 rings (SSSR count). The second-order valence-corrected chi connectivity index (χ2v) is 4.17. The number of ether oxygens (including phenoxy) is 2. The first-order valence-corrected chi connectivity index (χ1v) is 5.25. The van der Waals surface area contributed by atoms with Crippen molar-refractivity contribution in [3.05, 3.63) is 25.7 Å². The maximum absolute atomic E-state index is 5.89. The van der Waals surface area contributed by atoms with E-state index in [9.17, 15) is 0 Å². The molecule has 5 heteroatoms. The molecule has 0 amide bonds. The molecule has 72 valence electrons. The molecule has 0 aromatic heterocycles. The Labute approximate surface area is 100 Å². The van der Waals surface area contributed by atoms with Gasteiger partial charge in [0.2, 0.25) is 0 Å². The number of halogens is 3. The minimum absolute atomic E-state index is 0.187. The predicted octanol–water partition coefficient (Wildman–Crippen LogP) is 3.58. The summed E-state index contributed by atoms with van der Waals surface area (Å²) in [4.78, 5) is 0. The zero-order valence-corrected chi connectivity index (χ0v) is 10.5. The van der Waals surface area contributed by atoms with E-state index in [1.807, 2.05) is 0 Å². The fourth-order valence-corrected chi connectivity index (χ4v) is 1.70. The third-order valence-corrected chi connectivity index (χ3v) is 3.24. The van der Waals surface area contributed by atoms with Crippen LogP contribution in [0.2, 0.25) is 10.0 Å². The molecular formula is C8H7Cl2IO2. The van der Waals surface area contributed by atoms with Gasteiger partial charge >= 0.3 is 0 Å². The zero-order chi connectivity index (χ0) is 9.84. The normalized spacial score (nSPS) is 10.2. The van der Waals surface area contributed by atoms with Crippen LogP contribution < -0.4 is 4.74 Å². The monoisotopic (exact) mass is 332 g/mol. The molecule has 0 saturated carbocycles. The van der Waals surface area contributed by atoms with Gasteiger partial charge in [0.1, 0.15) is 5.75 Å².